The standard InChI is InChI=1S/C23H22F3N7/c1-33-8-2-3-16(13-33)30-22-20-12-27-7-6-18(20)21(31-32-22)17-5-4-15(23(24,25)26)9-19(17)14-10-28-29-11-14/h4-7,9-12,16H,2-3,8,13H2,1H3,(H,28,29)(H,30,32)/t16-/m1/s1. The van der Waals surface area contributed by atoms with Crippen molar-refractivity contribution in [3.8, 4) is 22.4 Å². The lowest BCUT2D eigenvalue weighted by Gasteiger charge is -2.30. The number of pyridine rings is 1. The minimum Gasteiger partial charge on any atom is -0.364 e. The number of nitrogens with one attached hydrogen (secondary N) is 2. The highest BCUT2D eigenvalue weighted by Gasteiger charge is 2.31. The number of fused-ring (bicyclic) bond motifs is 1. The predicted molar refractivity (Wildman–Crippen MR) is 119 cm³/mol. The first-order chi connectivity index (χ1) is 15.9. The molecule has 0 aliphatic carbocycles. The van der Waals surface area contributed by atoms with Crippen LogP contribution in [-0.2, 0) is 6.18 Å². The zero-order valence-electron chi connectivity index (χ0n) is 17.9. The van der Waals surface area contributed by atoms with Crippen LogP contribution in [0.15, 0.2) is 49.1 Å². The molecule has 0 bridgehead atoms. The van der Waals surface area contributed by atoms with Gasteiger partial charge in [0.15, 0.2) is 5.82 Å². The van der Waals surface area contributed by atoms with E-state index in [2.05, 4.69) is 42.6 Å². The molecule has 1 fully saturated rings. The van der Waals surface area contributed by atoms with Crippen molar-refractivity contribution in [2.45, 2.75) is 25.1 Å². The predicted octanol–water partition coefficient (Wildman–Crippen LogP) is 4.61. The number of rotatable bonds is 4. The maximum atomic E-state index is 13.4. The van der Waals surface area contributed by atoms with Crippen molar-refractivity contribution in [2.75, 3.05) is 25.5 Å². The van der Waals surface area contributed by atoms with Crippen LogP contribution in [-0.4, -0.2) is 56.5 Å². The summed E-state index contributed by atoms with van der Waals surface area (Å²) < 4.78 is 40.3. The molecule has 170 valence electrons. The van der Waals surface area contributed by atoms with Crippen molar-refractivity contribution in [1.82, 2.24) is 30.3 Å². The van der Waals surface area contributed by atoms with Crippen LogP contribution in [0.1, 0.15) is 18.4 Å². The Labute approximate surface area is 188 Å². The molecule has 2 N–H and O–H groups in total. The molecule has 4 heterocycles. The van der Waals surface area contributed by atoms with Crippen molar-refractivity contribution < 1.29 is 13.2 Å². The van der Waals surface area contributed by atoms with E-state index >= 15 is 0 Å². The van der Waals surface area contributed by atoms with E-state index in [0.717, 1.165) is 48.8 Å². The van der Waals surface area contributed by atoms with E-state index in [1.165, 1.54) is 12.3 Å². The van der Waals surface area contributed by atoms with Crippen molar-refractivity contribution in [3.05, 3.63) is 54.6 Å². The van der Waals surface area contributed by atoms with Gasteiger partial charge in [0.25, 0.3) is 0 Å². The van der Waals surface area contributed by atoms with Crippen molar-refractivity contribution in [3.63, 3.8) is 0 Å². The number of hydrogen-bond donors (Lipinski definition) is 2. The van der Waals surface area contributed by atoms with Gasteiger partial charge in [-0.15, -0.1) is 10.2 Å². The normalized spacial score (nSPS) is 17.4. The molecule has 1 atom stereocenters. The second kappa shape index (κ2) is 8.43. The Morgan fingerprint density at radius 3 is 2.73 bits per heavy atom. The molecule has 1 aliphatic rings. The molecule has 1 aliphatic heterocycles. The molecule has 1 saturated heterocycles. The van der Waals surface area contributed by atoms with Gasteiger partial charge in [0.2, 0.25) is 0 Å². The third-order valence-corrected chi connectivity index (χ3v) is 5.96. The highest BCUT2D eigenvalue weighted by Crippen LogP contribution is 2.39. The molecule has 4 aromatic rings. The highest BCUT2D eigenvalue weighted by molar-refractivity contribution is 6.02. The number of aromatic nitrogens is 5. The lowest BCUT2D eigenvalue weighted by molar-refractivity contribution is -0.137. The molecule has 0 unspecified atom stereocenters. The van der Waals surface area contributed by atoms with Crippen LogP contribution < -0.4 is 5.32 Å². The van der Waals surface area contributed by atoms with Crippen LogP contribution in [0.2, 0.25) is 0 Å². The molecule has 10 heteroatoms. The first-order valence-corrected chi connectivity index (χ1v) is 10.7. The van der Waals surface area contributed by atoms with Gasteiger partial charge in [0.1, 0.15) is 5.69 Å². The number of H-pyrrole nitrogens is 1. The number of likely N-dealkylation sites (N-methyl/N-ethyl adjacent to an activating group) is 1. The Morgan fingerprint density at radius 1 is 1.09 bits per heavy atom. The van der Waals surface area contributed by atoms with E-state index in [-0.39, 0.29) is 6.04 Å². The van der Waals surface area contributed by atoms with Gasteiger partial charge in [-0.25, -0.2) is 0 Å². The van der Waals surface area contributed by atoms with E-state index in [9.17, 15) is 13.2 Å². The number of halogens is 3. The first-order valence-electron chi connectivity index (χ1n) is 10.7. The van der Waals surface area contributed by atoms with E-state index in [1.807, 2.05) is 6.07 Å². The van der Waals surface area contributed by atoms with Gasteiger partial charge in [-0.3, -0.25) is 10.1 Å². The molecule has 7 nitrogen and oxygen atoms in total. The number of nitrogens with zero attached hydrogens (tertiary/aromatic N) is 5. The van der Waals surface area contributed by atoms with Crippen molar-refractivity contribution in [1.29, 1.82) is 0 Å². The third kappa shape index (κ3) is 4.25. The lowest BCUT2D eigenvalue weighted by atomic mass is 9.95. The van der Waals surface area contributed by atoms with E-state index in [0.29, 0.717) is 28.2 Å². The average Bonchev–Trinajstić information content (AvgIpc) is 3.33. The topological polar surface area (TPSA) is 82.6 Å². The zero-order valence-corrected chi connectivity index (χ0v) is 17.9. The molecule has 0 radical (unpaired) electrons. The summed E-state index contributed by atoms with van der Waals surface area (Å²) in [4.78, 5) is 6.52. The number of anilines is 1. The summed E-state index contributed by atoms with van der Waals surface area (Å²) in [6.45, 7) is 1.96. The van der Waals surface area contributed by atoms with Crippen LogP contribution in [0.4, 0.5) is 19.0 Å². The summed E-state index contributed by atoms with van der Waals surface area (Å²) >= 11 is 0. The number of benzene rings is 1. The van der Waals surface area contributed by atoms with Crippen LogP contribution in [0.3, 0.4) is 0 Å². The van der Waals surface area contributed by atoms with Gasteiger partial charge >= 0.3 is 6.18 Å². The van der Waals surface area contributed by atoms with Crippen LogP contribution in [0, 0.1) is 0 Å². The Balaban J connectivity index is 1.62. The summed E-state index contributed by atoms with van der Waals surface area (Å²) in [6.07, 6.45) is 4.07. The monoisotopic (exact) mass is 453 g/mol. The van der Waals surface area contributed by atoms with Crippen LogP contribution in [0.25, 0.3) is 33.2 Å². The van der Waals surface area contributed by atoms with Gasteiger partial charge in [-0.2, -0.15) is 18.3 Å². The zero-order chi connectivity index (χ0) is 23.0. The average molecular weight is 453 g/mol. The second-order valence-corrected chi connectivity index (χ2v) is 8.31. The molecular formula is C23H22F3N7. The molecule has 1 aromatic carbocycles. The number of hydrogen-bond acceptors (Lipinski definition) is 6. The fourth-order valence-electron chi connectivity index (χ4n) is 4.34. The van der Waals surface area contributed by atoms with E-state index in [1.54, 1.807) is 18.6 Å². The Bertz CT molecular complexity index is 1270. The van der Waals surface area contributed by atoms with Crippen LogP contribution >= 0.6 is 0 Å². The Hall–Kier alpha value is -3.53. The summed E-state index contributed by atoms with van der Waals surface area (Å²) in [5, 5.41) is 20.5. The van der Waals surface area contributed by atoms with Crippen molar-refractivity contribution >= 4 is 16.6 Å². The lowest BCUT2D eigenvalue weighted by Crippen LogP contribution is -2.40. The highest BCUT2D eigenvalue weighted by atomic mass is 19.4. The SMILES string of the molecule is CN1CCC[C@@H](Nc2nnc(-c3ccc(C(F)(F)F)cc3-c3cn[nH]c3)c3ccncc23)C1. The number of likely N-dealkylation sites (tertiary alicyclic amines) is 1. The molecule has 33 heavy (non-hydrogen) atoms. The quantitative estimate of drug-likeness (QED) is 0.470. The van der Waals surface area contributed by atoms with Crippen molar-refractivity contribution in [2.24, 2.45) is 0 Å². The summed E-state index contributed by atoms with van der Waals surface area (Å²) in [7, 11) is 2.09. The third-order valence-electron chi connectivity index (χ3n) is 5.96. The van der Waals surface area contributed by atoms with Gasteiger partial charge in [-0.05, 0) is 50.2 Å². The van der Waals surface area contributed by atoms with Gasteiger partial charge in [0, 0.05) is 53.1 Å². The first kappa shape index (κ1) is 21.3. The minimum atomic E-state index is -4.46. The summed E-state index contributed by atoms with van der Waals surface area (Å²) in [6, 6.07) is 5.68. The van der Waals surface area contributed by atoms with Crippen LogP contribution in [0.5, 0.6) is 0 Å². The van der Waals surface area contributed by atoms with Gasteiger partial charge in [0.05, 0.1) is 11.8 Å². The summed E-state index contributed by atoms with van der Waals surface area (Å²) in [5.41, 5.74) is 1.20. The van der Waals surface area contributed by atoms with Gasteiger partial charge < -0.3 is 10.2 Å². The maximum absolute atomic E-state index is 13.4. The minimum absolute atomic E-state index is 0.236. The largest absolute Gasteiger partial charge is 0.416 e. The molecule has 0 saturated carbocycles. The Morgan fingerprint density at radius 2 is 1.97 bits per heavy atom. The molecular weight excluding hydrogens is 431 g/mol. The maximum Gasteiger partial charge on any atom is 0.416 e. The number of alkyl halides is 3. The van der Waals surface area contributed by atoms with E-state index < -0.39 is 11.7 Å². The molecule has 3 aromatic heterocycles. The number of aromatic amines is 1. The molecule has 5 rings (SSSR count). The molecule has 0 spiro atoms. The molecule has 0 amide bonds. The smallest absolute Gasteiger partial charge is 0.364 e. The fourth-order valence-corrected chi connectivity index (χ4v) is 4.34. The fraction of sp³-hybridized carbons (Fsp3) is 0.304. The Kier molecular flexibility index (Phi) is 5.45. The number of piperidine rings is 1. The summed E-state index contributed by atoms with van der Waals surface area (Å²) in [5.74, 6) is 0.624. The van der Waals surface area contributed by atoms with E-state index in [4.69, 9.17) is 0 Å². The van der Waals surface area contributed by atoms with Gasteiger partial charge in [-0.1, -0.05) is 6.07 Å². The second-order valence-electron chi connectivity index (χ2n) is 8.31.